The van der Waals surface area contributed by atoms with Gasteiger partial charge in [0.15, 0.2) is 0 Å². The smallest absolute Gasteiger partial charge is 0.331 e. The molecule has 0 saturated heterocycles. The van der Waals surface area contributed by atoms with E-state index in [1.54, 1.807) is 0 Å². The van der Waals surface area contributed by atoms with Crippen molar-refractivity contribution in [1.82, 2.24) is 0 Å². The van der Waals surface area contributed by atoms with E-state index in [4.69, 9.17) is 9.84 Å². The number of fused-ring (bicyclic) bond motifs is 10. The number of aliphatic carboxylic acids is 1. The molecule has 0 heterocycles. The maximum absolute atomic E-state index is 11.2. The molecule has 0 spiro atoms. The highest BCUT2D eigenvalue weighted by molar-refractivity contribution is 5.86. The van der Waals surface area contributed by atoms with Crippen molar-refractivity contribution in [3.05, 3.63) is 24.8 Å². The van der Waals surface area contributed by atoms with Gasteiger partial charge >= 0.3 is 11.9 Å². The molecule has 0 aromatic heterocycles. The molecule has 4 nitrogen and oxygen atoms in total. The zero-order valence-corrected chi connectivity index (χ0v) is 18.0. The van der Waals surface area contributed by atoms with Crippen LogP contribution in [0, 0.1) is 53.3 Å². The molecule has 0 aromatic rings. The lowest BCUT2D eigenvalue weighted by Gasteiger charge is -2.28. The van der Waals surface area contributed by atoms with E-state index in [0.29, 0.717) is 23.3 Å². The zero-order chi connectivity index (χ0) is 21.0. The maximum Gasteiger partial charge on any atom is 0.331 e. The van der Waals surface area contributed by atoms with Gasteiger partial charge in [0.1, 0.15) is 6.10 Å². The van der Waals surface area contributed by atoms with Gasteiger partial charge < -0.3 is 9.84 Å². The van der Waals surface area contributed by atoms with Crippen molar-refractivity contribution < 1.29 is 19.4 Å². The lowest BCUT2D eigenvalue weighted by molar-refractivity contribution is -0.145. The summed E-state index contributed by atoms with van der Waals surface area (Å²) in [5.41, 5.74) is 0.482. The van der Waals surface area contributed by atoms with E-state index in [-0.39, 0.29) is 12.1 Å². The Kier molecular flexibility index (Phi) is 5.31. The highest BCUT2D eigenvalue weighted by atomic mass is 16.5. The number of carbonyl (C=O) groups excluding carboxylic acids is 1. The second kappa shape index (κ2) is 7.84. The van der Waals surface area contributed by atoms with Crippen LogP contribution in [-0.2, 0) is 14.3 Å². The van der Waals surface area contributed by atoms with Crippen LogP contribution in [-0.4, -0.2) is 23.1 Å². The maximum atomic E-state index is 11.2. The average molecular weight is 413 g/mol. The van der Waals surface area contributed by atoms with E-state index in [9.17, 15) is 9.59 Å². The molecule has 164 valence electrons. The Bertz CT molecular complexity index is 739. The van der Waals surface area contributed by atoms with E-state index in [1.807, 2.05) is 0 Å². The minimum absolute atomic E-state index is 0.204. The monoisotopic (exact) mass is 412 g/mol. The van der Waals surface area contributed by atoms with Crippen LogP contribution < -0.4 is 0 Å². The third kappa shape index (κ3) is 3.26. The topological polar surface area (TPSA) is 63.6 Å². The summed E-state index contributed by atoms with van der Waals surface area (Å²) in [4.78, 5) is 22.2. The molecule has 6 aliphatic carbocycles. The van der Waals surface area contributed by atoms with Crippen molar-refractivity contribution in [2.45, 2.75) is 70.3 Å². The second-order valence-electron chi connectivity index (χ2n) is 10.9. The largest absolute Gasteiger partial charge is 0.478 e. The molecule has 6 saturated carbocycles. The molecule has 6 aliphatic rings. The van der Waals surface area contributed by atoms with E-state index in [1.165, 1.54) is 57.4 Å². The van der Waals surface area contributed by atoms with Crippen LogP contribution in [0.5, 0.6) is 0 Å². The van der Waals surface area contributed by atoms with Gasteiger partial charge in [0.05, 0.1) is 0 Å². The number of hydrogen-bond acceptors (Lipinski definition) is 3. The van der Waals surface area contributed by atoms with Gasteiger partial charge in [0.25, 0.3) is 0 Å². The van der Waals surface area contributed by atoms with E-state index < -0.39 is 5.97 Å². The Balaban J connectivity index is 0.000000128. The molecule has 0 aromatic carbocycles. The first-order valence-electron chi connectivity index (χ1n) is 12.2. The second-order valence-corrected chi connectivity index (χ2v) is 10.9. The lowest BCUT2D eigenvalue weighted by atomic mass is 9.76. The molecule has 4 bridgehead atoms. The number of carbonyl (C=O) groups is 2. The van der Waals surface area contributed by atoms with Gasteiger partial charge in [0, 0.05) is 17.6 Å². The quantitative estimate of drug-likeness (QED) is 0.507. The van der Waals surface area contributed by atoms with Gasteiger partial charge in [0.2, 0.25) is 0 Å². The molecule has 10 atom stereocenters. The van der Waals surface area contributed by atoms with Crippen LogP contribution >= 0.6 is 0 Å². The Hall–Kier alpha value is -1.58. The van der Waals surface area contributed by atoms with Gasteiger partial charge in [-0.25, -0.2) is 9.59 Å². The molecule has 6 rings (SSSR count). The van der Waals surface area contributed by atoms with Crippen LogP contribution in [0.4, 0.5) is 0 Å². The number of carboxylic acid groups (broad SMARTS) is 1. The Morgan fingerprint density at radius 3 is 2.00 bits per heavy atom. The van der Waals surface area contributed by atoms with Crippen molar-refractivity contribution in [2.24, 2.45) is 53.3 Å². The highest BCUT2D eigenvalue weighted by Gasteiger charge is 2.55. The Morgan fingerprint density at radius 2 is 1.37 bits per heavy atom. The van der Waals surface area contributed by atoms with Crippen LogP contribution in [0.25, 0.3) is 0 Å². The van der Waals surface area contributed by atoms with E-state index in [2.05, 4.69) is 13.2 Å². The van der Waals surface area contributed by atoms with Gasteiger partial charge in [-0.15, -0.1) is 0 Å². The predicted molar refractivity (Wildman–Crippen MR) is 114 cm³/mol. The fourth-order valence-electron chi connectivity index (χ4n) is 8.99. The summed E-state index contributed by atoms with van der Waals surface area (Å²) in [7, 11) is 0. The first-order valence-corrected chi connectivity index (χ1v) is 12.2. The van der Waals surface area contributed by atoms with Crippen LogP contribution in [0.15, 0.2) is 24.8 Å². The van der Waals surface area contributed by atoms with Crippen molar-refractivity contribution in [3.63, 3.8) is 0 Å². The Morgan fingerprint density at radius 1 is 0.800 bits per heavy atom. The number of ether oxygens (including phenoxy) is 1. The van der Waals surface area contributed by atoms with E-state index in [0.717, 1.165) is 48.3 Å². The lowest BCUT2D eigenvalue weighted by Crippen LogP contribution is -2.29. The molecule has 1 N–H and O–H groups in total. The van der Waals surface area contributed by atoms with Crippen LogP contribution in [0.2, 0.25) is 0 Å². The molecular formula is C26H36O4. The number of rotatable bonds is 4. The summed E-state index contributed by atoms with van der Waals surface area (Å²) in [6.07, 6.45) is 14.5. The van der Waals surface area contributed by atoms with Crippen molar-refractivity contribution >= 4 is 11.9 Å². The number of carboxylic acids is 1. The number of esters is 1. The fourth-order valence-corrected chi connectivity index (χ4v) is 8.99. The molecular weight excluding hydrogens is 376 g/mol. The van der Waals surface area contributed by atoms with Gasteiger partial charge in [-0.05, 0) is 112 Å². The first kappa shape index (κ1) is 20.3. The molecule has 30 heavy (non-hydrogen) atoms. The van der Waals surface area contributed by atoms with Gasteiger partial charge in [-0.1, -0.05) is 13.2 Å². The SMILES string of the molecule is C=C(C(=O)O)C1CCC2C3CCC(C3)C12.C=CC(=O)OC1CCC2C3CCC(C3)C12. The number of hydrogen-bond donors (Lipinski definition) is 1. The standard InChI is InChI=1S/2C13H18O2/c1-7(13(14)15)10-4-5-11-8-2-3-9(6-8)12(10)11;1-2-12(14)15-11-6-5-10-8-3-4-9(7-8)13(10)11/h8-12H,1-6H2,(H,14,15);2,8-11,13H,1,3-7H2. The van der Waals surface area contributed by atoms with Crippen molar-refractivity contribution in [2.75, 3.05) is 0 Å². The fraction of sp³-hybridized carbons (Fsp3) is 0.769. The molecule has 4 heteroatoms. The zero-order valence-electron chi connectivity index (χ0n) is 18.0. The van der Waals surface area contributed by atoms with Gasteiger partial charge in [-0.2, -0.15) is 0 Å². The minimum Gasteiger partial charge on any atom is -0.478 e. The normalized spacial score (nSPS) is 46.7. The average Bonchev–Trinajstić information content (AvgIpc) is 3.55. The van der Waals surface area contributed by atoms with Crippen molar-refractivity contribution in [3.8, 4) is 0 Å². The van der Waals surface area contributed by atoms with Crippen LogP contribution in [0.1, 0.15) is 64.2 Å². The summed E-state index contributed by atoms with van der Waals surface area (Å²) >= 11 is 0. The summed E-state index contributed by atoms with van der Waals surface area (Å²) in [5, 5.41) is 9.03. The summed E-state index contributed by atoms with van der Waals surface area (Å²) in [5.74, 6) is 5.90. The third-order valence-corrected chi connectivity index (χ3v) is 9.96. The van der Waals surface area contributed by atoms with Crippen molar-refractivity contribution in [1.29, 1.82) is 0 Å². The summed E-state index contributed by atoms with van der Waals surface area (Å²) in [6.45, 7) is 7.24. The summed E-state index contributed by atoms with van der Waals surface area (Å²) < 4.78 is 5.47. The molecule has 0 aliphatic heterocycles. The molecule has 6 fully saturated rings. The van der Waals surface area contributed by atoms with Gasteiger partial charge in [-0.3, -0.25) is 0 Å². The Labute approximate surface area is 180 Å². The molecule has 0 radical (unpaired) electrons. The first-order chi connectivity index (χ1) is 14.5. The molecule has 10 unspecified atom stereocenters. The third-order valence-electron chi connectivity index (χ3n) is 9.96. The summed E-state index contributed by atoms with van der Waals surface area (Å²) in [6, 6.07) is 0. The highest BCUT2D eigenvalue weighted by Crippen LogP contribution is 2.62. The van der Waals surface area contributed by atoms with Crippen LogP contribution in [0.3, 0.4) is 0 Å². The molecule has 0 amide bonds. The van der Waals surface area contributed by atoms with E-state index >= 15 is 0 Å². The predicted octanol–water partition coefficient (Wildman–Crippen LogP) is 5.24. The minimum atomic E-state index is -0.775.